The van der Waals surface area contributed by atoms with E-state index in [0.29, 0.717) is 0 Å². The van der Waals surface area contributed by atoms with E-state index in [1.807, 2.05) is 26.1 Å². The third-order valence-electron chi connectivity index (χ3n) is 3.59. The number of aryl methyl sites for hydroxylation is 1. The van der Waals surface area contributed by atoms with E-state index in [1.165, 1.54) is 11.1 Å². The van der Waals surface area contributed by atoms with Crippen LogP contribution in [0.4, 0.5) is 0 Å². The molecular formula is C17H19BrClNO. The van der Waals surface area contributed by atoms with E-state index in [2.05, 4.69) is 45.5 Å². The van der Waals surface area contributed by atoms with E-state index in [1.54, 1.807) is 7.11 Å². The Hall–Kier alpha value is -1.03. The fraction of sp³-hybridized carbons (Fsp3) is 0.294. The molecule has 0 aliphatic carbocycles. The van der Waals surface area contributed by atoms with Gasteiger partial charge in [-0.15, -0.1) is 0 Å². The third-order valence-corrected chi connectivity index (χ3v) is 4.63. The fourth-order valence-electron chi connectivity index (χ4n) is 2.34. The van der Waals surface area contributed by atoms with Gasteiger partial charge < -0.3 is 10.1 Å². The van der Waals surface area contributed by atoms with E-state index >= 15 is 0 Å². The predicted molar refractivity (Wildman–Crippen MR) is 92.4 cm³/mol. The third kappa shape index (κ3) is 4.00. The van der Waals surface area contributed by atoms with E-state index < -0.39 is 0 Å². The molecule has 4 heteroatoms. The monoisotopic (exact) mass is 367 g/mol. The van der Waals surface area contributed by atoms with Gasteiger partial charge in [-0.3, -0.25) is 0 Å². The molecule has 0 fully saturated rings. The SMILES string of the molecule is CNC(Cc1ccc(OC)c(Br)c1)c1ccc(Cl)c(C)c1. The summed E-state index contributed by atoms with van der Waals surface area (Å²) in [5.74, 6) is 0.849. The Morgan fingerprint density at radius 1 is 1.24 bits per heavy atom. The van der Waals surface area contributed by atoms with Crippen molar-refractivity contribution in [3.05, 3.63) is 62.6 Å². The van der Waals surface area contributed by atoms with Crippen LogP contribution in [0, 0.1) is 6.92 Å². The van der Waals surface area contributed by atoms with E-state index in [9.17, 15) is 0 Å². The summed E-state index contributed by atoms with van der Waals surface area (Å²) in [4.78, 5) is 0. The van der Waals surface area contributed by atoms with Gasteiger partial charge in [0.05, 0.1) is 11.6 Å². The average molecular weight is 369 g/mol. The minimum Gasteiger partial charge on any atom is -0.496 e. The Morgan fingerprint density at radius 3 is 2.57 bits per heavy atom. The molecule has 0 aromatic heterocycles. The lowest BCUT2D eigenvalue weighted by molar-refractivity contribution is 0.412. The number of hydrogen-bond acceptors (Lipinski definition) is 2. The quantitative estimate of drug-likeness (QED) is 0.808. The van der Waals surface area contributed by atoms with Gasteiger partial charge in [-0.25, -0.2) is 0 Å². The van der Waals surface area contributed by atoms with Crippen LogP contribution < -0.4 is 10.1 Å². The van der Waals surface area contributed by atoms with E-state index in [4.69, 9.17) is 16.3 Å². The summed E-state index contributed by atoms with van der Waals surface area (Å²) in [6, 6.07) is 12.6. The lowest BCUT2D eigenvalue weighted by Gasteiger charge is -2.18. The second kappa shape index (κ2) is 7.30. The largest absolute Gasteiger partial charge is 0.496 e. The lowest BCUT2D eigenvalue weighted by atomic mass is 9.97. The van der Waals surface area contributed by atoms with Gasteiger partial charge in [0, 0.05) is 11.1 Å². The van der Waals surface area contributed by atoms with Crippen molar-refractivity contribution < 1.29 is 4.74 Å². The minimum atomic E-state index is 0.251. The molecule has 0 saturated heterocycles. The van der Waals surface area contributed by atoms with Gasteiger partial charge in [-0.2, -0.15) is 0 Å². The molecule has 0 radical (unpaired) electrons. The molecule has 1 N–H and O–H groups in total. The van der Waals surface area contributed by atoms with E-state index in [0.717, 1.165) is 27.2 Å². The molecule has 0 bridgehead atoms. The van der Waals surface area contributed by atoms with Crippen molar-refractivity contribution in [2.75, 3.05) is 14.2 Å². The molecule has 21 heavy (non-hydrogen) atoms. The van der Waals surface area contributed by atoms with Crippen molar-refractivity contribution in [3.8, 4) is 5.75 Å². The molecule has 0 heterocycles. The van der Waals surface area contributed by atoms with Gasteiger partial charge in [0.15, 0.2) is 0 Å². The van der Waals surface area contributed by atoms with Crippen LogP contribution in [0.1, 0.15) is 22.7 Å². The van der Waals surface area contributed by atoms with Crippen molar-refractivity contribution >= 4 is 27.5 Å². The maximum atomic E-state index is 6.10. The van der Waals surface area contributed by atoms with Gasteiger partial charge in [0.1, 0.15) is 5.75 Å². The zero-order valence-electron chi connectivity index (χ0n) is 12.4. The van der Waals surface area contributed by atoms with Crippen molar-refractivity contribution in [3.63, 3.8) is 0 Å². The molecule has 0 aliphatic rings. The maximum absolute atomic E-state index is 6.10. The predicted octanol–water partition coefficient (Wildman–Crippen LogP) is 4.92. The van der Waals surface area contributed by atoms with Gasteiger partial charge in [0.25, 0.3) is 0 Å². The zero-order valence-corrected chi connectivity index (χ0v) is 14.8. The highest BCUT2D eigenvalue weighted by Crippen LogP contribution is 2.28. The molecule has 2 aromatic rings. The number of halogens is 2. The number of rotatable bonds is 5. The second-order valence-corrected chi connectivity index (χ2v) is 6.28. The topological polar surface area (TPSA) is 21.3 Å². The Labute approximate surface area is 139 Å². The van der Waals surface area contributed by atoms with Crippen molar-refractivity contribution in [2.24, 2.45) is 0 Å². The zero-order chi connectivity index (χ0) is 15.4. The summed E-state index contributed by atoms with van der Waals surface area (Å²) in [6.45, 7) is 2.03. The van der Waals surface area contributed by atoms with Crippen molar-refractivity contribution in [2.45, 2.75) is 19.4 Å². The Kier molecular flexibility index (Phi) is 5.68. The van der Waals surface area contributed by atoms with Crippen molar-refractivity contribution in [1.29, 1.82) is 0 Å². The van der Waals surface area contributed by atoms with E-state index in [-0.39, 0.29) is 6.04 Å². The minimum absolute atomic E-state index is 0.251. The first kappa shape index (κ1) is 16.3. The molecule has 0 spiro atoms. The molecule has 2 aromatic carbocycles. The van der Waals surface area contributed by atoms with Crippen LogP contribution in [0.2, 0.25) is 5.02 Å². The van der Waals surface area contributed by atoms with Crippen LogP contribution in [0.15, 0.2) is 40.9 Å². The number of methoxy groups -OCH3 is 1. The number of likely N-dealkylation sites (N-methyl/N-ethyl adjacent to an activating group) is 1. The summed E-state index contributed by atoms with van der Waals surface area (Å²) in [5.41, 5.74) is 3.59. The molecule has 0 saturated carbocycles. The number of benzene rings is 2. The summed E-state index contributed by atoms with van der Waals surface area (Å²) >= 11 is 9.64. The highest BCUT2D eigenvalue weighted by atomic mass is 79.9. The molecule has 2 nitrogen and oxygen atoms in total. The van der Waals surface area contributed by atoms with Crippen LogP contribution in [-0.4, -0.2) is 14.2 Å². The molecule has 1 unspecified atom stereocenters. The first-order valence-electron chi connectivity index (χ1n) is 6.81. The average Bonchev–Trinajstić information content (AvgIpc) is 2.48. The number of nitrogens with one attached hydrogen (secondary N) is 1. The molecule has 0 aliphatic heterocycles. The molecule has 112 valence electrons. The highest BCUT2D eigenvalue weighted by molar-refractivity contribution is 9.10. The molecule has 2 rings (SSSR count). The lowest BCUT2D eigenvalue weighted by Crippen LogP contribution is -2.19. The van der Waals surface area contributed by atoms with Gasteiger partial charge in [-0.1, -0.05) is 29.8 Å². The van der Waals surface area contributed by atoms with Crippen LogP contribution in [0.25, 0.3) is 0 Å². The van der Waals surface area contributed by atoms with Gasteiger partial charge in [0.2, 0.25) is 0 Å². The highest BCUT2D eigenvalue weighted by Gasteiger charge is 2.12. The van der Waals surface area contributed by atoms with Gasteiger partial charge >= 0.3 is 0 Å². The summed E-state index contributed by atoms with van der Waals surface area (Å²) in [7, 11) is 3.65. The first-order chi connectivity index (χ1) is 10.0. The number of hydrogen-bond donors (Lipinski definition) is 1. The molecular weight excluding hydrogens is 350 g/mol. The molecule has 1 atom stereocenters. The summed E-state index contributed by atoms with van der Waals surface area (Å²) < 4.78 is 6.24. The smallest absolute Gasteiger partial charge is 0.133 e. The summed E-state index contributed by atoms with van der Waals surface area (Å²) in [5, 5.41) is 4.18. The van der Waals surface area contributed by atoms with Crippen LogP contribution in [0.3, 0.4) is 0 Å². The van der Waals surface area contributed by atoms with Crippen LogP contribution in [0.5, 0.6) is 5.75 Å². The fourth-order valence-corrected chi connectivity index (χ4v) is 3.05. The second-order valence-electron chi connectivity index (χ2n) is 5.02. The van der Waals surface area contributed by atoms with Crippen molar-refractivity contribution in [1.82, 2.24) is 5.32 Å². The first-order valence-corrected chi connectivity index (χ1v) is 7.98. The van der Waals surface area contributed by atoms with Crippen LogP contribution in [-0.2, 0) is 6.42 Å². The summed E-state index contributed by atoms with van der Waals surface area (Å²) in [6.07, 6.45) is 0.903. The Bertz CT molecular complexity index is 630. The maximum Gasteiger partial charge on any atom is 0.133 e. The Morgan fingerprint density at radius 2 is 2.00 bits per heavy atom. The molecule has 0 amide bonds. The standard InChI is InChI=1S/C17H19BrClNO/c1-11-8-13(5-6-15(11)19)16(20-2)10-12-4-7-17(21-3)14(18)9-12/h4-9,16,20H,10H2,1-3H3. The number of ether oxygens (including phenoxy) is 1. The Balaban J connectivity index is 2.22. The van der Waals surface area contributed by atoms with Gasteiger partial charge in [-0.05, 0) is 71.2 Å². The van der Waals surface area contributed by atoms with Crippen LogP contribution >= 0.6 is 27.5 Å². The normalized spacial score (nSPS) is 12.2.